The van der Waals surface area contributed by atoms with Crippen LogP contribution in [-0.4, -0.2) is 20.3 Å². The molecule has 0 bridgehead atoms. The van der Waals surface area contributed by atoms with Crippen LogP contribution in [0.3, 0.4) is 0 Å². The maximum Gasteiger partial charge on any atom is 0.371 e. The first kappa shape index (κ1) is 12.5. The van der Waals surface area contributed by atoms with Gasteiger partial charge in [0.2, 0.25) is 5.76 Å². The standard InChI is InChI=1S/C12H11NO4S/c1-8-3-2-6-13-9(8)7-18(16)11-5-4-10(17-11)12(14)15/h2-6H,7H2,1H3,(H,14,15). The Bertz CT molecular complexity index is 606. The summed E-state index contributed by atoms with van der Waals surface area (Å²) in [7, 11) is -1.43. The van der Waals surface area contributed by atoms with E-state index in [4.69, 9.17) is 9.52 Å². The molecule has 0 aromatic carbocycles. The van der Waals surface area contributed by atoms with Crippen molar-refractivity contribution in [1.29, 1.82) is 0 Å². The normalized spacial score (nSPS) is 12.3. The number of aromatic nitrogens is 1. The molecule has 0 saturated carbocycles. The van der Waals surface area contributed by atoms with Gasteiger partial charge in [0.1, 0.15) is 0 Å². The van der Waals surface area contributed by atoms with Gasteiger partial charge in [0.15, 0.2) is 5.09 Å². The Balaban J connectivity index is 2.17. The number of carboxylic acids is 1. The summed E-state index contributed by atoms with van der Waals surface area (Å²) in [6, 6.07) is 6.39. The van der Waals surface area contributed by atoms with Gasteiger partial charge in [0.05, 0.1) is 22.2 Å². The van der Waals surface area contributed by atoms with Gasteiger partial charge < -0.3 is 9.52 Å². The van der Waals surface area contributed by atoms with E-state index in [1.54, 1.807) is 12.3 Å². The zero-order valence-electron chi connectivity index (χ0n) is 9.62. The molecule has 0 radical (unpaired) electrons. The first-order valence-electron chi connectivity index (χ1n) is 5.20. The van der Waals surface area contributed by atoms with Crippen molar-refractivity contribution in [3.05, 3.63) is 47.5 Å². The topological polar surface area (TPSA) is 80.4 Å². The number of hydrogen-bond acceptors (Lipinski definition) is 4. The highest BCUT2D eigenvalue weighted by atomic mass is 32.2. The molecule has 2 heterocycles. The Labute approximate surface area is 106 Å². The molecule has 2 aromatic rings. The van der Waals surface area contributed by atoms with Gasteiger partial charge in [0.25, 0.3) is 0 Å². The summed E-state index contributed by atoms with van der Waals surface area (Å²) >= 11 is 0. The maximum atomic E-state index is 12.0. The molecule has 1 unspecified atom stereocenters. The van der Waals surface area contributed by atoms with E-state index in [0.29, 0.717) is 5.69 Å². The van der Waals surface area contributed by atoms with Crippen LogP contribution in [0.25, 0.3) is 0 Å². The predicted molar refractivity (Wildman–Crippen MR) is 64.8 cm³/mol. The molecule has 1 N–H and O–H groups in total. The van der Waals surface area contributed by atoms with Crippen LogP contribution in [0.15, 0.2) is 40.0 Å². The van der Waals surface area contributed by atoms with Gasteiger partial charge in [0, 0.05) is 6.20 Å². The zero-order valence-corrected chi connectivity index (χ0v) is 10.4. The third-order valence-corrected chi connectivity index (χ3v) is 3.61. The summed E-state index contributed by atoms with van der Waals surface area (Å²) in [5, 5.41) is 8.86. The number of aryl methyl sites for hydroxylation is 1. The van der Waals surface area contributed by atoms with E-state index in [1.807, 2.05) is 13.0 Å². The fourth-order valence-corrected chi connectivity index (χ4v) is 2.52. The second kappa shape index (κ2) is 5.14. The lowest BCUT2D eigenvalue weighted by atomic mass is 10.2. The van der Waals surface area contributed by atoms with E-state index in [-0.39, 0.29) is 16.6 Å². The number of pyridine rings is 1. The number of carbonyl (C=O) groups is 1. The van der Waals surface area contributed by atoms with Gasteiger partial charge in [-0.3, -0.25) is 9.19 Å². The lowest BCUT2D eigenvalue weighted by molar-refractivity contribution is 0.0656. The van der Waals surface area contributed by atoms with Gasteiger partial charge in [-0.1, -0.05) is 6.07 Å². The van der Waals surface area contributed by atoms with Gasteiger partial charge in [-0.15, -0.1) is 0 Å². The summed E-state index contributed by atoms with van der Waals surface area (Å²) in [4.78, 5) is 14.8. The predicted octanol–water partition coefficient (Wildman–Crippen LogP) is 1.99. The van der Waals surface area contributed by atoms with E-state index in [9.17, 15) is 9.00 Å². The van der Waals surface area contributed by atoms with Crippen molar-refractivity contribution in [2.45, 2.75) is 17.8 Å². The van der Waals surface area contributed by atoms with E-state index in [1.165, 1.54) is 12.1 Å². The Morgan fingerprint density at radius 2 is 2.22 bits per heavy atom. The van der Waals surface area contributed by atoms with E-state index in [0.717, 1.165) is 5.56 Å². The van der Waals surface area contributed by atoms with Gasteiger partial charge in [-0.2, -0.15) is 0 Å². The molecule has 2 aromatic heterocycles. The smallest absolute Gasteiger partial charge is 0.371 e. The number of hydrogen-bond donors (Lipinski definition) is 1. The second-order valence-corrected chi connectivity index (χ2v) is 5.06. The Morgan fingerprint density at radius 3 is 2.83 bits per heavy atom. The van der Waals surface area contributed by atoms with Crippen molar-refractivity contribution in [2.75, 3.05) is 0 Å². The van der Waals surface area contributed by atoms with Crippen molar-refractivity contribution in [1.82, 2.24) is 4.98 Å². The highest BCUT2D eigenvalue weighted by Crippen LogP contribution is 2.16. The molecule has 0 saturated heterocycles. The molecule has 0 aliphatic heterocycles. The Hall–Kier alpha value is -1.95. The van der Waals surface area contributed by atoms with Crippen LogP contribution in [0.5, 0.6) is 0 Å². The van der Waals surface area contributed by atoms with Crippen molar-refractivity contribution >= 4 is 16.8 Å². The number of nitrogens with zero attached hydrogens (tertiary/aromatic N) is 1. The molecule has 18 heavy (non-hydrogen) atoms. The molecule has 1 atom stereocenters. The molecule has 94 valence electrons. The van der Waals surface area contributed by atoms with E-state index >= 15 is 0 Å². The first-order chi connectivity index (χ1) is 8.58. The molecule has 0 aliphatic carbocycles. The zero-order chi connectivity index (χ0) is 13.1. The third-order valence-electron chi connectivity index (χ3n) is 2.40. The summed E-state index contributed by atoms with van der Waals surface area (Å²) in [6.07, 6.45) is 1.63. The quantitative estimate of drug-likeness (QED) is 0.914. The first-order valence-corrected chi connectivity index (χ1v) is 6.52. The number of aromatic carboxylic acids is 1. The molecule has 0 spiro atoms. The van der Waals surface area contributed by atoms with Crippen LogP contribution in [0, 0.1) is 6.92 Å². The lowest BCUT2D eigenvalue weighted by Crippen LogP contribution is -2.00. The summed E-state index contributed by atoms with van der Waals surface area (Å²) in [5.41, 5.74) is 1.65. The van der Waals surface area contributed by atoms with Crippen molar-refractivity contribution in [2.24, 2.45) is 0 Å². The maximum absolute atomic E-state index is 12.0. The number of rotatable bonds is 4. The highest BCUT2D eigenvalue weighted by molar-refractivity contribution is 7.84. The monoisotopic (exact) mass is 265 g/mol. The van der Waals surface area contributed by atoms with Crippen molar-refractivity contribution in [3.8, 4) is 0 Å². The summed E-state index contributed by atoms with van der Waals surface area (Å²) in [6.45, 7) is 1.88. The van der Waals surface area contributed by atoms with Crippen LogP contribution in [-0.2, 0) is 16.6 Å². The average Bonchev–Trinajstić information content (AvgIpc) is 2.81. The minimum atomic E-state index is -1.43. The van der Waals surface area contributed by atoms with E-state index < -0.39 is 16.8 Å². The largest absolute Gasteiger partial charge is 0.475 e. The lowest BCUT2D eigenvalue weighted by Gasteiger charge is -2.02. The Morgan fingerprint density at radius 1 is 1.44 bits per heavy atom. The fourth-order valence-electron chi connectivity index (χ4n) is 1.42. The van der Waals surface area contributed by atoms with Crippen LogP contribution in [0.2, 0.25) is 0 Å². The van der Waals surface area contributed by atoms with Crippen LogP contribution in [0.1, 0.15) is 21.8 Å². The molecule has 0 aliphatic rings. The van der Waals surface area contributed by atoms with Gasteiger partial charge >= 0.3 is 5.97 Å². The molecule has 6 heteroatoms. The third kappa shape index (κ3) is 2.65. The molecular formula is C12H11NO4S. The highest BCUT2D eigenvalue weighted by Gasteiger charge is 2.15. The van der Waals surface area contributed by atoms with Crippen molar-refractivity contribution in [3.63, 3.8) is 0 Å². The molecule has 2 rings (SSSR count). The van der Waals surface area contributed by atoms with Gasteiger partial charge in [-0.25, -0.2) is 4.79 Å². The minimum absolute atomic E-state index is 0.150. The molecule has 0 fully saturated rings. The molecular weight excluding hydrogens is 254 g/mol. The molecule has 0 amide bonds. The van der Waals surface area contributed by atoms with Crippen LogP contribution < -0.4 is 0 Å². The number of furan rings is 1. The fraction of sp³-hybridized carbons (Fsp3) is 0.167. The van der Waals surface area contributed by atoms with Crippen LogP contribution in [0.4, 0.5) is 0 Å². The van der Waals surface area contributed by atoms with Crippen LogP contribution >= 0.6 is 0 Å². The minimum Gasteiger partial charge on any atom is -0.475 e. The van der Waals surface area contributed by atoms with Crippen molar-refractivity contribution < 1.29 is 18.5 Å². The number of carboxylic acid groups (broad SMARTS) is 1. The van der Waals surface area contributed by atoms with E-state index in [2.05, 4.69) is 4.98 Å². The SMILES string of the molecule is Cc1cccnc1CS(=O)c1ccc(C(=O)O)o1. The van der Waals surface area contributed by atoms with Gasteiger partial charge in [-0.05, 0) is 30.7 Å². The second-order valence-electron chi connectivity index (χ2n) is 3.68. The summed E-state index contributed by atoms with van der Waals surface area (Å²) < 4.78 is 17.0. The Kier molecular flexibility index (Phi) is 3.57. The average molecular weight is 265 g/mol. The summed E-state index contributed by atoms with van der Waals surface area (Å²) in [5.74, 6) is -1.18. The molecule has 5 nitrogen and oxygen atoms in total.